The molecule has 9 heteroatoms. The van der Waals surface area contributed by atoms with Gasteiger partial charge < -0.3 is 14.8 Å². The van der Waals surface area contributed by atoms with E-state index in [4.69, 9.17) is 4.74 Å². The van der Waals surface area contributed by atoms with Crippen LogP contribution in [0.4, 0.5) is 13.6 Å². The Hall–Kier alpha value is -3.20. The zero-order valence-electron chi connectivity index (χ0n) is 18.6. The lowest BCUT2D eigenvalue weighted by atomic mass is 9.78. The Balaban J connectivity index is 1.44. The molecule has 1 spiro atoms. The molecule has 2 aromatic carbocycles. The molecule has 0 bridgehead atoms. The minimum atomic E-state index is -2.95. The van der Waals surface area contributed by atoms with E-state index in [1.165, 1.54) is 16.5 Å². The zero-order valence-corrected chi connectivity index (χ0v) is 18.6. The van der Waals surface area contributed by atoms with Crippen LogP contribution in [-0.4, -0.2) is 54.2 Å². The fraction of sp³-hybridized carbons (Fsp3) is 0.417. The predicted octanol–water partition coefficient (Wildman–Crippen LogP) is 3.56. The standard InChI is InChI=1S/C24H27F2N3O4/c1-3-32-20-12-16(8-9-19(20)33-22(25)26)14-28(2)15-29-21(30)24(27-23(29)31)11-10-17-6-4-5-7-18(17)13-24/h4-9,12,22H,3,10-11,13-15H2,1-2H3,(H,27,31). The Morgan fingerprint density at radius 1 is 1.15 bits per heavy atom. The van der Waals surface area contributed by atoms with E-state index in [-0.39, 0.29) is 24.1 Å². The van der Waals surface area contributed by atoms with E-state index < -0.39 is 18.2 Å². The summed E-state index contributed by atoms with van der Waals surface area (Å²) in [5, 5.41) is 2.93. The number of imide groups is 1. The Bertz CT molecular complexity index is 1050. The van der Waals surface area contributed by atoms with Crippen molar-refractivity contribution in [2.45, 2.75) is 44.9 Å². The molecular formula is C24H27F2N3O4. The van der Waals surface area contributed by atoms with E-state index in [1.54, 1.807) is 26.1 Å². The summed E-state index contributed by atoms with van der Waals surface area (Å²) in [6.07, 6.45) is 1.79. The van der Waals surface area contributed by atoms with Gasteiger partial charge in [-0.05, 0) is 55.6 Å². The quantitative estimate of drug-likeness (QED) is 0.612. The molecule has 1 aliphatic carbocycles. The minimum absolute atomic E-state index is 0.0353. The zero-order chi connectivity index (χ0) is 23.6. The maximum absolute atomic E-state index is 13.3. The maximum atomic E-state index is 13.3. The van der Waals surface area contributed by atoms with Crippen LogP contribution in [0.3, 0.4) is 0 Å². The highest BCUT2D eigenvalue weighted by Gasteiger charge is 2.52. The van der Waals surface area contributed by atoms with Crippen LogP contribution in [-0.2, 0) is 24.2 Å². The number of halogens is 2. The average Bonchev–Trinajstić information content (AvgIpc) is 2.99. The van der Waals surface area contributed by atoms with Gasteiger partial charge in [0.05, 0.1) is 13.3 Å². The lowest BCUT2D eigenvalue weighted by molar-refractivity contribution is -0.133. The second-order valence-electron chi connectivity index (χ2n) is 8.44. The fourth-order valence-electron chi connectivity index (χ4n) is 4.54. The summed E-state index contributed by atoms with van der Waals surface area (Å²) in [6, 6.07) is 12.3. The van der Waals surface area contributed by atoms with Crippen LogP contribution >= 0.6 is 0 Å². The molecule has 1 unspecified atom stereocenters. The van der Waals surface area contributed by atoms with Crippen molar-refractivity contribution in [3.63, 3.8) is 0 Å². The van der Waals surface area contributed by atoms with Crippen LogP contribution in [0.15, 0.2) is 42.5 Å². The van der Waals surface area contributed by atoms with Crippen molar-refractivity contribution in [3.05, 3.63) is 59.2 Å². The molecular weight excluding hydrogens is 432 g/mol. The third-order valence-electron chi connectivity index (χ3n) is 6.04. The Morgan fingerprint density at radius 2 is 1.91 bits per heavy atom. The smallest absolute Gasteiger partial charge is 0.387 e. The highest BCUT2D eigenvalue weighted by atomic mass is 19.3. The van der Waals surface area contributed by atoms with Crippen LogP contribution in [0.1, 0.15) is 30.0 Å². The lowest BCUT2D eigenvalue weighted by Crippen LogP contribution is -2.51. The molecule has 0 radical (unpaired) electrons. The van der Waals surface area contributed by atoms with Gasteiger partial charge in [0.25, 0.3) is 5.91 Å². The number of nitrogens with one attached hydrogen (secondary N) is 1. The molecule has 1 heterocycles. The highest BCUT2D eigenvalue weighted by molar-refractivity contribution is 6.07. The molecule has 1 atom stereocenters. The second kappa shape index (κ2) is 9.35. The number of amides is 3. The summed E-state index contributed by atoms with van der Waals surface area (Å²) in [6.45, 7) is -0.416. The van der Waals surface area contributed by atoms with E-state index in [2.05, 4.69) is 16.1 Å². The number of rotatable bonds is 8. The molecule has 3 amide bonds. The summed E-state index contributed by atoms with van der Waals surface area (Å²) in [7, 11) is 1.78. The van der Waals surface area contributed by atoms with E-state index in [1.807, 2.05) is 23.1 Å². The first kappa shape index (κ1) is 23.0. The summed E-state index contributed by atoms with van der Waals surface area (Å²) >= 11 is 0. The van der Waals surface area contributed by atoms with E-state index >= 15 is 0 Å². The third-order valence-corrected chi connectivity index (χ3v) is 6.04. The molecule has 33 heavy (non-hydrogen) atoms. The summed E-state index contributed by atoms with van der Waals surface area (Å²) < 4.78 is 35.2. The fourth-order valence-corrected chi connectivity index (χ4v) is 4.54. The second-order valence-corrected chi connectivity index (χ2v) is 8.44. The number of fused-ring (bicyclic) bond motifs is 1. The van der Waals surface area contributed by atoms with Gasteiger partial charge in [0.15, 0.2) is 11.5 Å². The molecule has 1 N–H and O–H groups in total. The SMILES string of the molecule is CCOc1cc(CN(C)CN2C(=O)NC3(CCc4ccccc4C3)C2=O)ccc1OC(F)F. The van der Waals surface area contributed by atoms with Crippen molar-refractivity contribution in [3.8, 4) is 11.5 Å². The first-order chi connectivity index (χ1) is 15.8. The number of alkyl halides is 2. The van der Waals surface area contributed by atoms with Crippen molar-refractivity contribution in [1.82, 2.24) is 15.1 Å². The van der Waals surface area contributed by atoms with Gasteiger partial charge in [-0.3, -0.25) is 9.69 Å². The van der Waals surface area contributed by atoms with Gasteiger partial charge in [-0.15, -0.1) is 0 Å². The van der Waals surface area contributed by atoms with Gasteiger partial charge in [-0.1, -0.05) is 30.3 Å². The minimum Gasteiger partial charge on any atom is -0.490 e. The Kier molecular flexibility index (Phi) is 6.51. The largest absolute Gasteiger partial charge is 0.490 e. The third kappa shape index (κ3) is 4.78. The molecule has 1 fully saturated rings. The molecule has 2 aliphatic rings. The van der Waals surface area contributed by atoms with Crippen LogP contribution in [0.2, 0.25) is 0 Å². The first-order valence-electron chi connectivity index (χ1n) is 10.9. The Labute approximate surface area is 191 Å². The van der Waals surface area contributed by atoms with Gasteiger partial charge in [0.1, 0.15) is 5.54 Å². The summed E-state index contributed by atoms with van der Waals surface area (Å²) in [4.78, 5) is 29.0. The molecule has 0 saturated carbocycles. The van der Waals surface area contributed by atoms with Crippen molar-refractivity contribution in [1.29, 1.82) is 0 Å². The van der Waals surface area contributed by atoms with E-state index in [0.717, 1.165) is 17.5 Å². The molecule has 0 aromatic heterocycles. The maximum Gasteiger partial charge on any atom is 0.387 e. The van der Waals surface area contributed by atoms with Gasteiger partial charge >= 0.3 is 12.6 Å². The number of ether oxygens (including phenoxy) is 2. The monoisotopic (exact) mass is 459 g/mol. The van der Waals surface area contributed by atoms with Crippen molar-refractivity contribution >= 4 is 11.9 Å². The van der Waals surface area contributed by atoms with Gasteiger partial charge in [0, 0.05) is 13.0 Å². The van der Waals surface area contributed by atoms with Crippen LogP contribution < -0.4 is 14.8 Å². The van der Waals surface area contributed by atoms with Crippen LogP contribution in [0.5, 0.6) is 11.5 Å². The van der Waals surface area contributed by atoms with Crippen molar-refractivity contribution in [2.24, 2.45) is 0 Å². The number of hydrogen-bond acceptors (Lipinski definition) is 5. The van der Waals surface area contributed by atoms with Gasteiger partial charge in [-0.2, -0.15) is 8.78 Å². The Morgan fingerprint density at radius 3 is 2.64 bits per heavy atom. The average molecular weight is 459 g/mol. The molecule has 176 valence electrons. The number of carbonyl (C=O) groups excluding carboxylic acids is 2. The number of carbonyl (C=O) groups is 2. The lowest BCUT2D eigenvalue weighted by Gasteiger charge is -2.32. The van der Waals surface area contributed by atoms with Gasteiger partial charge in [0.2, 0.25) is 0 Å². The molecule has 7 nitrogen and oxygen atoms in total. The van der Waals surface area contributed by atoms with Crippen LogP contribution in [0, 0.1) is 0 Å². The van der Waals surface area contributed by atoms with Crippen molar-refractivity contribution in [2.75, 3.05) is 20.3 Å². The number of nitrogens with zero attached hydrogens (tertiary/aromatic N) is 2. The predicted molar refractivity (Wildman–Crippen MR) is 117 cm³/mol. The molecule has 1 saturated heterocycles. The van der Waals surface area contributed by atoms with E-state index in [9.17, 15) is 18.4 Å². The number of aryl methyl sites for hydroxylation is 1. The van der Waals surface area contributed by atoms with Crippen LogP contribution in [0.25, 0.3) is 0 Å². The number of benzene rings is 2. The topological polar surface area (TPSA) is 71.1 Å². The molecule has 4 rings (SSSR count). The molecule has 2 aromatic rings. The number of hydrogen-bond donors (Lipinski definition) is 1. The normalized spacial score (nSPS) is 19.9. The summed E-state index contributed by atoms with van der Waals surface area (Å²) in [5.41, 5.74) is 2.17. The molecule has 1 aliphatic heterocycles. The number of urea groups is 1. The summed E-state index contributed by atoms with van der Waals surface area (Å²) in [5.74, 6) is -0.0325. The first-order valence-corrected chi connectivity index (χ1v) is 10.9. The highest BCUT2D eigenvalue weighted by Crippen LogP contribution is 2.34. The van der Waals surface area contributed by atoms with E-state index in [0.29, 0.717) is 26.0 Å². The van der Waals surface area contributed by atoms with Gasteiger partial charge in [-0.25, -0.2) is 9.69 Å². The van der Waals surface area contributed by atoms with Crippen molar-refractivity contribution < 1.29 is 27.8 Å².